The van der Waals surface area contributed by atoms with E-state index >= 15 is 0 Å². The molecule has 0 atom stereocenters. The maximum absolute atomic E-state index is 12.7. The summed E-state index contributed by atoms with van der Waals surface area (Å²) in [6.45, 7) is 0. The minimum Gasteiger partial charge on any atom is -0.463 e. The first kappa shape index (κ1) is 19.2. The second kappa shape index (κ2) is 7.96. The molecule has 0 aliphatic rings. The Kier molecular flexibility index (Phi) is 5.65. The van der Waals surface area contributed by atoms with Gasteiger partial charge in [0.2, 0.25) is 0 Å². The van der Waals surface area contributed by atoms with Gasteiger partial charge in [-0.2, -0.15) is 8.42 Å². The van der Waals surface area contributed by atoms with E-state index < -0.39 is 10.4 Å². The summed E-state index contributed by atoms with van der Waals surface area (Å²) in [5.41, 5.74) is 0.582. The number of thiol groups is 1. The fourth-order valence-electron chi connectivity index (χ4n) is 2.24. The minimum atomic E-state index is -4.63. The summed E-state index contributed by atoms with van der Waals surface area (Å²) in [5, 5.41) is 8.44. The van der Waals surface area contributed by atoms with E-state index in [0.717, 1.165) is 0 Å². The maximum Gasteiger partial charge on any atom is 0.446 e. The minimum absolute atomic E-state index is 0.111. The molecule has 27 heavy (non-hydrogen) atoms. The average molecular weight is 414 g/mol. The average Bonchev–Trinajstić information content (AvgIpc) is 2.62. The van der Waals surface area contributed by atoms with Gasteiger partial charge in [-0.3, -0.25) is 9.35 Å². The van der Waals surface area contributed by atoms with E-state index in [9.17, 15) is 13.2 Å². The normalized spacial score (nSPS) is 11.5. The summed E-state index contributed by atoms with van der Waals surface area (Å²) >= 11 is 3.27. The lowest BCUT2D eigenvalue weighted by Gasteiger charge is -2.06. The van der Waals surface area contributed by atoms with E-state index in [-0.39, 0.29) is 33.5 Å². The van der Waals surface area contributed by atoms with Gasteiger partial charge in [-0.15, -0.1) is 4.33 Å². The van der Waals surface area contributed by atoms with E-state index in [1.54, 1.807) is 0 Å². The van der Waals surface area contributed by atoms with Crippen LogP contribution in [0.15, 0.2) is 57.9 Å². The van der Waals surface area contributed by atoms with Crippen LogP contribution in [0, 0.1) is 0 Å². The second-order valence-electron chi connectivity index (χ2n) is 4.97. The zero-order valence-corrected chi connectivity index (χ0v) is 14.8. The van der Waals surface area contributed by atoms with Crippen molar-refractivity contribution in [2.45, 2.75) is 0 Å². The summed E-state index contributed by atoms with van der Waals surface area (Å²) in [7, 11) is -4.63. The summed E-state index contributed by atoms with van der Waals surface area (Å²) in [4.78, 5) is 17.4. The number of hydrogen-bond acceptors (Lipinski definition) is 10. The molecule has 0 unspecified atom stereocenters. The summed E-state index contributed by atoms with van der Waals surface area (Å²) in [5.74, 6) is 0.0659. The second-order valence-corrected chi connectivity index (χ2v) is 6.14. The molecule has 10 nitrogen and oxygen atoms in total. The monoisotopic (exact) mass is 414 g/mol. The third-order valence-electron chi connectivity index (χ3n) is 3.30. The van der Waals surface area contributed by atoms with E-state index in [2.05, 4.69) is 31.5 Å². The zero-order chi connectivity index (χ0) is 19.4. The van der Waals surface area contributed by atoms with Crippen molar-refractivity contribution >= 4 is 34.3 Å². The Balaban J connectivity index is 1.90. The molecular formula is C15H10O10S2. The van der Waals surface area contributed by atoms with Crippen LogP contribution in [0.25, 0.3) is 22.1 Å². The van der Waals surface area contributed by atoms with Crippen LogP contribution < -0.4 is 14.5 Å². The van der Waals surface area contributed by atoms with Gasteiger partial charge in [0.1, 0.15) is 17.6 Å². The molecule has 0 saturated carbocycles. The van der Waals surface area contributed by atoms with E-state index in [1.807, 2.05) is 0 Å². The Bertz CT molecular complexity index is 1110. The lowest BCUT2D eigenvalue weighted by molar-refractivity contribution is -0.572. The van der Waals surface area contributed by atoms with Crippen LogP contribution in [0.1, 0.15) is 0 Å². The predicted molar refractivity (Wildman–Crippen MR) is 93.0 cm³/mol. The van der Waals surface area contributed by atoms with E-state index in [1.165, 1.54) is 48.7 Å². The first-order valence-electron chi connectivity index (χ1n) is 7.02. The van der Waals surface area contributed by atoms with E-state index in [4.69, 9.17) is 13.9 Å². The molecule has 0 amide bonds. The van der Waals surface area contributed by atoms with Crippen LogP contribution in [0.5, 0.6) is 11.5 Å². The molecule has 1 N–H and O–H groups in total. The SMILES string of the molecule is O=c1c(-c2ccc(OS(=O)(=O)O)cc2)coc2cc(OOOOS)ccc12. The fourth-order valence-corrected chi connectivity index (χ4v) is 2.62. The number of benzene rings is 2. The van der Waals surface area contributed by atoms with Gasteiger partial charge in [-0.05, 0) is 34.9 Å². The van der Waals surface area contributed by atoms with Crippen LogP contribution >= 0.6 is 12.9 Å². The summed E-state index contributed by atoms with van der Waals surface area (Å²) < 4.78 is 43.7. The van der Waals surface area contributed by atoms with Gasteiger partial charge in [-0.1, -0.05) is 12.1 Å². The molecule has 0 aliphatic carbocycles. The van der Waals surface area contributed by atoms with E-state index in [0.29, 0.717) is 5.56 Å². The molecule has 1 aromatic heterocycles. The fraction of sp³-hybridized carbons (Fsp3) is 0. The topological polar surface area (TPSA) is 131 Å². The molecular weight excluding hydrogens is 404 g/mol. The van der Waals surface area contributed by atoms with Crippen molar-refractivity contribution in [1.29, 1.82) is 0 Å². The van der Waals surface area contributed by atoms with Crippen LogP contribution in [-0.2, 0) is 24.8 Å². The van der Waals surface area contributed by atoms with Gasteiger partial charge < -0.3 is 13.5 Å². The Morgan fingerprint density at radius 1 is 1.00 bits per heavy atom. The van der Waals surface area contributed by atoms with Crippen molar-refractivity contribution in [1.82, 2.24) is 0 Å². The Labute approximate surface area is 157 Å². The highest BCUT2D eigenvalue weighted by Gasteiger charge is 2.12. The molecule has 2 aromatic carbocycles. The van der Waals surface area contributed by atoms with Crippen LogP contribution in [0.2, 0.25) is 0 Å². The summed E-state index contributed by atoms with van der Waals surface area (Å²) in [6, 6.07) is 9.74. The molecule has 0 saturated heterocycles. The van der Waals surface area contributed by atoms with Crippen molar-refractivity contribution < 1.29 is 40.9 Å². The van der Waals surface area contributed by atoms with Crippen molar-refractivity contribution in [3.8, 4) is 22.6 Å². The van der Waals surface area contributed by atoms with Crippen molar-refractivity contribution in [3.63, 3.8) is 0 Å². The Hall–Kier alpha value is -2.61. The first-order valence-corrected chi connectivity index (χ1v) is 8.75. The van der Waals surface area contributed by atoms with Gasteiger partial charge in [-0.25, -0.2) is 0 Å². The number of rotatable bonds is 7. The molecule has 142 valence electrons. The standard InChI is InChI=1S/C15H10O10S2/c16-15-12-6-5-11(21-23-24-25-26)7-14(12)20-8-13(15)9-1-3-10(4-2-9)22-27(17,18)19/h1-8,26H,(H,17,18,19). The molecule has 12 heteroatoms. The highest BCUT2D eigenvalue weighted by atomic mass is 32.3. The third kappa shape index (κ3) is 4.77. The molecule has 3 aromatic rings. The zero-order valence-electron chi connectivity index (χ0n) is 13.1. The van der Waals surface area contributed by atoms with Gasteiger partial charge >= 0.3 is 10.4 Å². The van der Waals surface area contributed by atoms with Crippen LogP contribution in [0.4, 0.5) is 0 Å². The highest BCUT2D eigenvalue weighted by molar-refractivity contribution is 7.81. The van der Waals surface area contributed by atoms with Gasteiger partial charge in [0, 0.05) is 24.0 Å². The van der Waals surface area contributed by atoms with Crippen molar-refractivity contribution in [3.05, 3.63) is 59.0 Å². The van der Waals surface area contributed by atoms with Gasteiger partial charge in [0.15, 0.2) is 11.2 Å². The van der Waals surface area contributed by atoms with Gasteiger partial charge in [0.25, 0.3) is 0 Å². The Morgan fingerprint density at radius 3 is 2.37 bits per heavy atom. The summed E-state index contributed by atoms with van der Waals surface area (Å²) in [6.07, 6.45) is 1.24. The molecule has 0 bridgehead atoms. The van der Waals surface area contributed by atoms with Crippen molar-refractivity contribution in [2.24, 2.45) is 0 Å². The Morgan fingerprint density at radius 2 is 1.70 bits per heavy atom. The van der Waals surface area contributed by atoms with Crippen molar-refractivity contribution in [2.75, 3.05) is 0 Å². The largest absolute Gasteiger partial charge is 0.463 e. The smallest absolute Gasteiger partial charge is 0.446 e. The molecule has 0 aliphatic heterocycles. The molecule has 3 rings (SSSR count). The number of hydrogen-bond donors (Lipinski definition) is 2. The maximum atomic E-state index is 12.7. The molecule has 0 radical (unpaired) electrons. The predicted octanol–water partition coefficient (Wildman–Crippen LogP) is 2.66. The van der Waals surface area contributed by atoms with Crippen LogP contribution in [-0.4, -0.2) is 13.0 Å². The lowest BCUT2D eigenvalue weighted by atomic mass is 10.1. The van der Waals surface area contributed by atoms with Gasteiger partial charge in [0.05, 0.1) is 10.9 Å². The quantitative estimate of drug-likeness (QED) is 0.149. The third-order valence-corrected chi connectivity index (χ3v) is 3.77. The number of fused-ring (bicyclic) bond motifs is 1. The first-order chi connectivity index (χ1) is 12.9. The molecule has 1 heterocycles. The lowest BCUT2D eigenvalue weighted by Crippen LogP contribution is -2.07. The van der Waals surface area contributed by atoms with Crippen LogP contribution in [0.3, 0.4) is 0 Å². The molecule has 0 fully saturated rings. The highest BCUT2D eigenvalue weighted by Crippen LogP contribution is 2.25. The molecule has 0 spiro atoms.